The topological polar surface area (TPSA) is 24.2 Å². The van der Waals surface area contributed by atoms with Crippen molar-refractivity contribution in [3.05, 3.63) is 46.4 Å². The minimum Gasteiger partial charge on any atom is -0.371 e. The van der Waals surface area contributed by atoms with E-state index in [4.69, 9.17) is 0 Å². The van der Waals surface area contributed by atoms with E-state index in [1.54, 1.807) is 6.92 Å². The summed E-state index contributed by atoms with van der Waals surface area (Å²) in [7, 11) is 2.16. The lowest BCUT2D eigenvalue weighted by Crippen LogP contribution is -2.31. The van der Waals surface area contributed by atoms with Crippen LogP contribution in [0.3, 0.4) is 0 Å². The van der Waals surface area contributed by atoms with Crippen molar-refractivity contribution in [3.63, 3.8) is 0 Å². The summed E-state index contributed by atoms with van der Waals surface area (Å²) in [6.45, 7) is 3.92. The third-order valence-electron chi connectivity index (χ3n) is 5.79. The van der Waals surface area contributed by atoms with Gasteiger partial charge in [0.25, 0.3) is 5.01 Å². The number of Topliss-reactive ketones (excluding diaryl/α,β-unsaturated/α-hetero) is 1. The molecular weight excluding hydrogens is 444 g/mol. The Labute approximate surface area is 185 Å². The number of aromatic nitrogens is 1. The molecule has 29 heavy (non-hydrogen) atoms. The third kappa shape index (κ3) is 4.56. The highest BCUT2D eigenvalue weighted by Crippen LogP contribution is 2.35. The molecule has 0 fully saturated rings. The maximum atomic E-state index is 11.1. The lowest BCUT2D eigenvalue weighted by molar-refractivity contribution is -0.629. The van der Waals surface area contributed by atoms with E-state index in [0.29, 0.717) is 5.78 Å². The summed E-state index contributed by atoms with van der Waals surface area (Å²) in [5.41, 5.74) is 5.46. The summed E-state index contributed by atoms with van der Waals surface area (Å²) in [6.07, 6.45) is 6.42. The van der Waals surface area contributed by atoms with Crippen LogP contribution >= 0.6 is 27.3 Å². The van der Waals surface area contributed by atoms with Crippen LogP contribution in [0.2, 0.25) is 0 Å². The van der Waals surface area contributed by atoms with E-state index in [9.17, 15) is 4.79 Å². The fraction of sp³-hybridized carbons (Fsp3) is 0.417. The summed E-state index contributed by atoms with van der Waals surface area (Å²) < 4.78 is 4.74. The maximum absolute atomic E-state index is 11.1. The van der Waals surface area contributed by atoms with E-state index in [0.717, 1.165) is 49.7 Å². The number of nitrogens with zero attached hydrogens (tertiary/aromatic N) is 2. The Hall–Kier alpha value is -1.72. The lowest BCUT2D eigenvalue weighted by atomic mass is 9.98. The normalized spacial score (nSPS) is 13.7. The van der Waals surface area contributed by atoms with E-state index in [2.05, 4.69) is 68.8 Å². The van der Waals surface area contributed by atoms with Gasteiger partial charge in [-0.2, -0.15) is 4.57 Å². The number of hydrogen-bond donors (Lipinski definition) is 0. The monoisotopic (exact) mass is 471 g/mol. The van der Waals surface area contributed by atoms with Crippen LogP contribution in [0.5, 0.6) is 0 Å². The van der Waals surface area contributed by atoms with Crippen LogP contribution in [0.15, 0.2) is 40.9 Å². The number of fused-ring (bicyclic) bond motifs is 2. The molecule has 0 amide bonds. The Balaban J connectivity index is 1.53. The number of hydrogen-bond acceptors (Lipinski definition) is 3. The van der Waals surface area contributed by atoms with E-state index >= 15 is 0 Å². The highest BCUT2D eigenvalue weighted by atomic mass is 79.9. The first-order chi connectivity index (χ1) is 14.0. The zero-order valence-electron chi connectivity index (χ0n) is 17.2. The van der Waals surface area contributed by atoms with Crippen molar-refractivity contribution in [2.75, 3.05) is 18.0 Å². The highest BCUT2D eigenvalue weighted by Gasteiger charge is 2.22. The van der Waals surface area contributed by atoms with Crippen molar-refractivity contribution in [1.82, 2.24) is 0 Å². The summed E-state index contributed by atoms with van der Waals surface area (Å²) >= 11 is 5.45. The van der Waals surface area contributed by atoms with Crippen LogP contribution in [0.4, 0.5) is 5.69 Å². The average molecular weight is 472 g/mol. The van der Waals surface area contributed by atoms with E-state index in [-0.39, 0.29) is 0 Å². The molecule has 152 valence electrons. The van der Waals surface area contributed by atoms with Gasteiger partial charge in [-0.1, -0.05) is 33.7 Å². The smallest absolute Gasteiger partial charge is 0.269 e. The SMILES string of the molecule is CC(=O)CCCCCN1CCCc2cc(-c3sc4cc(Br)ccc4[n+]3C)ccc21. The Morgan fingerprint density at radius 1 is 1.17 bits per heavy atom. The predicted octanol–water partition coefficient (Wildman–Crippen LogP) is 6.06. The molecular formula is C24H28BrN2OS+. The third-order valence-corrected chi connectivity index (χ3v) is 7.54. The second-order valence-electron chi connectivity index (χ2n) is 8.03. The van der Waals surface area contributed by atoms with Crippen molar-refractivity contribution in [2.24, 2.45) is 7.05 Å². The van der Waals surface area contributed by atoms with Gasteiger partial charge in [0.1, 0.15) is 17.5 Å². The van der Waals surface area contributed by atoms with Gasteiger partial charge >= 0.3 is 0 Å². The Kier molecular flexibility index (Phi) is 6.35. The molecule has 0 spiro atoms. The molecule has 5 heteroatoms. The lowest BCUT2D eigenvalue weighted by Gasteiger charge is -2.31. The van der Waals surface area contributed by atoms with Crippen molar-refractivity contribution in [1.29, 1.82) is 0 Å². The number of rotatable bonds is 7. The van der Waals surface area contributed by atoms with Gasteiger partial charge in [-0.3, -0.25) is 0 Å². The zero-order valence-corrected chi connectivity index (χ0v) is 19.6. The molecule has 3 nitrogen and oxygen atoms in total. The Morgan fingerprint density at radius 3 is 2.86 bits per heavy atom. The van der Waals surface area contributed by atoms with Crippen LogP contribution in [0.25, 0.3) is 20.8 Å². The largest absolute Gasteiger partial charge is 0.371 e. The number of unbranched alkanes of at least 4 members (excludes halogenated alkanes) is 2. The molecule has 0 atom stereocenters. The highest BCUT2D eigenvalue weighted by molar-refractivity contribution is 9.10. The molecule has 4 rings (SSSR count). The second-order valence-corrected chi connectivity index (χ2v) is 9.97. The molecule has 0 saturated heterocycles. The first-order valence-corrected chi connectivity index (χ1v) is 12.1. The molecule has 0 radical (unpaired) electrons. The number of ketones is 1. The first kappa shape index (κ1) is 20.5. The molecule has 2 aromatic carbocycles. The van der Waals surface area contributed by atoms with E-state index in [1.165, 1.54) is 38.5 Å². The molecule has 1 aromatic heterocycles. The summed E-state index contributed by atoms with van der Waals surface area (Å²) in [4.78, 5) is 13.6. The van der Waals surface area contributed by atoms with Gasteiger partial charge in [-0.15, -0.1) is 0 Å². The summed E-state index contributed by atoms with van der Waals surface area (Å²) in [6, 6.07) is 13.5. The Morgan fingerprint density at radius 2 is 2.03 bits per heavy atom. The zero-order chi connectivity index (χ0) is 20.4. The average Bonchev–Trinajstić information content (AvgIpc) is 3.03. The first-order valence-electron chi connectivity index (χ1n) is 10.5. The Bertz CT molecular complexity index is 1040. The number of carbonyl (C=O) groups is 1. The molecule has 0 bridgehead atoms. The fourth-order valence-electron chi connectivity index (χ4n) is 4.28. The molecule has 2 heterocycles. The van der Waals surface area contributed by atoms with Crippen LogP contribution in [-0.2, 0) is 18.3 Å². The van der Waals surface area contributed by atoms with Crippen LogP contribution < -0.4 is 9.47 Å². The summed E-state index contributed by atoms with van der Waals surface area (Å²) in [5.74, 6) is 0.308. The minimum atomic E-state index is 0.308. The number of halogens is 1. The fourth-order valence-corrected chi connectivity index (χ4v) is 5.97. The molecule has 0 N–H and O–H groups in total. The standard InChI is InChI=1S/C24H28BrN2OS/c1-17(28)7-4-3-5-13-27-14-6-8-18-15-19(9-11-21(18)27)24-26(2)22-12-10-20(25)16-23(22)29-24/h9-12,15-16H,3-8,13-14H2,1-2H3/q+1. The van der Waals surface area contributed by atoms with Gasteiger partial charge in [0.2, 0.25) is 5.52 Å². The van der Waals surface area contributed by atoms with Gasteiger partial charge in [-0.05, 0) is 68.5 Å². The van der Waals surface area contributed by atoms with Crippen molar-refractivity contribution in [2.45, 2.75) is 45.4 Å². The molecule has 0 unspecified atom stereocenters. The molecule has 1 aliphatic heterocycles. The number of thiazole rings is 1. The number of carbonyl (C=O) groups excluding carboxylic acids is 1. The van der Waals surface area contributed by atoms with Crippen LogP contribution in [-0.4, -0.2) is 18.9 Å². The minimum absolute atomic E-state index is 0.308. The van der Waals surface area contributed by atoms with Gasteiger partial charge in [-0.25, -0.2) is 0 Å². The quantitative estimate of drug-likeness (QED) is 0.309. The maximum Gasteiger partial charge on any atom is 0.269 e. The summed E-state index contributed by atoms with van der Waals surface area (Å²) in [5, 5.41) is 1.31. The van der Waals surface area contributed by atoms with Gasteiger partial charge in [0.05, 0.1) is 5.56 Å². The number of benzene rings is 2. The molecule has 0 aliphatic carbocycles. The molecule has 1 aliphatic rings. The van der Waals surface area contributed by atoms with Crippen LogP contribution in [0.1, 0.15) is 44.6 Å². The number of anilines is 1. The van der Waals surface area contributed by atoms with Gasteiger partial charge in [0, 0.05) is 35.7 Å². The van der Waals surface area contributed by atoms with Gasteiger partial charge in [0.15, 0.2) is 0 Å². The van der Waals surface area contributed by atoms with E-state index < -0.39 is 0 Å². The van der Waals surface area contributed by atoms with Crippen molar-refractivity contribution < 1.29 is 9.36 Å². The predicted molar refractivity (Wildman–Crippen MR) is 126 cm³/mol. The molecule has 0 saturated carbocycles. The number of aryl methyl sites for hydroxylation is 2. The second kappa shape index (κ2) is 8.97. The van der Waals surface area contributed by atoms with Crippen molar-refractivity contribution >= 4 is 49.0 Å². The van der Waals surface area contributed by atoms with E-state index in [1.807, 2.05) is 11.3 Å². The molecule has 3 aromatic rings. The van der Waals surface area contributed by atoms with Gasteiger partial charge < -0.3 is 9.69 Å². The van der Waals surface area contributed by atoms with Crippen LogP contribution in [0, 0.1) is 0 Å². The van der Waals surface area contributed by atoms with Crippen molar-refractivity contribution in [3.8, 4) is 10.6 Å².